The molecule has 1 aliphatic heterocycles. The molecule has 0 radical (unpaired) electrons. The van der Waals surface area contributed by atoms with Gasteiger partial charge in [-0.2, -0.15) is 0 Å². The molecule has 0 atom stereocenters. The molecular formula is C19H21ClFN5O. The highest BCUT2D eigenvalue weighted by atomic mass is 35.5. The number of aromatic amines is 1. The number of H-pyrrole nitrogens is 1. The van der Waals surface area contributed by atoms with E-state index >= 15 is 0 Å². The first-order chi connectivity index (χ1) is 12.7. The molecule has 2 aromatic carbocycles. The van der Waals surface area contributed by atoms with E-state index in [9.17, 15) is 9.18 Å². The maximum absolute atomic E-state index is 14.2. The van der Waals surface area contributed by atoms with E-state index in [-0.39, 0.29) is 30.7 Å². The summed E-state index contributed by atoms with van der Waals surface area (Å²) >= 11 is 0. The summed E-state index contributed by atoms with van der Waals surface area (Å²) in [6, 6.07) is 10.7. The smallest absolute Gasteiger partial charge is 0.234 e. The second-order valence-corrected chi connectivity index (χ2v) is 6.61. The fourth-order valence-corrected chi connectivity index (χ4v) is 3.30. The fraction of sp³-hybridized carbons (Fsp3) is 0.316. The van der Waals surface area contributed by atoms with E-state index in [1.54, 1.807) is 12.1 Å². The minimum Gasteiger partial charge on any atom is -0.351 e. The van der Waals surface area contributed by atoms with Crippen molar-refractivity contribution in [3.8, 4) is 11.1 Å². The number of rotatable bonds is 5. The van der Waals surface area contributed by atoms with Crippen molar-refractivity contribution in [2.75, 3.05) is 19.6 Å². The van der Waals surface area contributed by atoms with Crippen LogP contribution in [0.4, 0.5) is 4.39 Å². The Bertz CT molecular complexity index is 939. The molecule has 0 saturated carbocycles. The number of aromatic nitrogens is 3. The molecule has 2 N–H and O–H groups in total. The third kappa shape index (κ3) is 4.43. The van der Waals surface area contributed by atoms with Crippen LogP contribution in [0.5, 0.6) is 0 Å². The van der Waals surface area contributed by atoms with Crippen LogP contribution < -0.4 is 5.32 Å². The zero-order valence-corrected chi connectivity index (χ0v) is 15.6. The molecule has 1 aliphatic rings. The van der Waals surface area contributed by atoms with E-state index in [0.29, 0.717) is 12.1 Å². The lowest BCUT2D eigenvalue weighted by atomic mass is 10.0. The summed E-state index contributed by atoms with van der Waals surface area (Å²) in [4.78, 5) is 14.2. The van der Waals surface area contributed by atoms with Crippen molar-refractivity contribution >= 4 is 29.3 Å². The first-order valence-electron chi connectivity index (χ1n) is 8.78. The first-order valence-corrected chi connectivity index (χ1v) is 8.78. The van der Waals surface area contributed by atoms with E-state index in [2.05, 4.69) is 25.6 Å². The standard InChI is InChI=1S/C19H20FN5O.ClH/c20-16-5-3-13(14-4-6-17-18(10-14)23-24-22-17)9-15(16)11-21-19(26)12-25-7-1-2-8-25;/h3-6,9-10H,1-2,7-8,11-12H2,(H,21,26)(H,22,23,24);1H. The highest BCUT2D eigenvalue weighted by Crippen LogP contribution is 2.24. The van der Waals surface area contributed by atoms with Crippen LogP contribution in [0.3, 0.4) is 0 Å². The average molecular weight is 390 g/mol. The van der Waals surface area contributed by atoms with Crippen LogP contribution in [0, 0.1) is 5.82 Å². The SMILES string of the molecule is Cl.O=C(CN1CCCC1)NCc1cc(-c2ccc3[nH]nnc3c2)ccc1F. The Hall–Kier alpha value is -2.51. The van der Waals surface area contributed by atoms with Gasteiger partial charge in [0.15, 0.2) is 0 Å². The highest BCUT2D eigenvalue weighted by Gasteiger charge is 2.15. The Balaban J connectivity index is 0.00000210. The Morgan fingerprint density at radius 2 is 1.89 bits per heavy atom. The van der Waals surface area contributed by atoms with E-state index in [1.807, 2.05) is 18.2 Å². The number of likely N-dealkylation sites (tertiary alicyclic amines) is 1. The molecule has 0 spiro atoms. The van der Waals surface area contributed by atoms with Crippen molar-refractivity contribution < 1.29 is 9.18 Å². The summed E-state index contributed by atoms with van der Waals surface area (Å²) in [6.07, 6.45) is 2.28. The predicted octanol–water partition coefficient (Wildman–Crippen LogP) is 2.90. The molecule has 1 fully saturated rings. The number of benzene rings is 2. The van der Waals surface area contributed by atoms with Gasteiger partial charge in [0.2, 0.25) is 5.91 Å². The number of halogens is 2. The number of hydrogen-bond donors (Lipinski definition) is 2. The Morgan fingerprint density at radius 3 is 2.70 bits per heavy atom. The number of hydrogen-bond acceptors (Lipinski definition) is 4. The minimum atomic E-state index is -0.322. The van der Waals surface area contributed by atoms with Crippen molar-refractivity contribution in [2.45, 2.75) is 19.4 Å². The summed E-state index contributed by atoms with van der Waals surface area (Å²) in [7, 11) is 0. The molecule has 142 valence electrons. The van der Waals surface area contributed by atoms with Gasteiger partial charge in [-0.3, -0.25) is 14.8 Å². The van der Waals surface area contributed by atoms with Gasteiger partial charge in [0.1, 0.15) is 11.3 Å². The molecule has 8 heteroatoms. The quantitative estimate of drug-likeness (QED) is 0.703. The molecule has 0 bridgehead atoms. The molecule has 0 unspecified atom stereocenters. The van der Waals surface area contributed by atoms with Gasteiger partial charge in [0.25, 0.3) is 0 Å². The third-order valence-corrected chi connectivity index (χ3v) is 4.75. The molecule has 6 nitrogen and oxygen atoms in total. The molecular weight excluding hydrogens is 369 g/mol. The molecule has 4 rings (SSSR count). The van der Waals surface area contributed by atoms with Crippen LogP contribution in [0.15, 0.2) is 36.4 Å². The maximum Gasteiger partial charge on any atom is 0.234 e. The van der Waals surface area contributed by atoms with Gasteiger partial charge in [-0.25, -0.2) is 4.39 Å². The van der Waals surface area contributed by atoms with Gasteiger partial charge in [-0.05, 0) is 61.3 Å². The Labute approximate surface area is 162 Å². The number of carbonyl (C=O) groups is 1. The average Bonchev–Trinajstić information content (AvgIpc) is 3.31. The second kappa shape index (κ2) is 8.45. The zero-order valence-electron chi connectivity index (χ0n) is 14.7. The van der Waals surface area contributed by atoms with Crippen LogP contribution in [0.2, 0.25) is 0 Å². The van der Waals surface area contributed by atoms with Crippen LogP contribution in [-0.2, 0) is 11.3 Å². The number of amides is 1. The lowest BCUT2D eigenvalue weighted by molar-refractivity contribution is -0.122. The Morgan fingerprint density at radius 1 is 1.15 bits per heavy atom. The highest BCUT2D eigenvalue weighted by molar-refractivity contribution is 5.85. The molecule has 0 aliphatic carbocycles. The molecule has 3 aromatic rings. The summed E-state index contributed by atoms with van der Waals surface area (Å²) in [5, 5.41) is 13.4. The molecule has 1 saturated heterocycles. The molecule has 1 aromatic heterocycles. The predicted molar refractivity (Wildman–Crippen MR) is 104 cm³/mol. The minimum absolute atomic E-state index is 0. The molecule has 1 amide bonds. The molecule has 27 heavy (non-hydrogen) atoms. The van der Waals surface area contributed by atoms with Gasteiger partial charge in [0.05, 0.1) is 12.1 Å². The summed E-state index contributed by atoms with van der Waals surface area (Å²) in [5.41, 5.74) is 3.88. The zero-order chi connectivity index (χ0) is 17.9. The van der Waals surface area contributed by atoms with Gasteiger partial charge in [0, 0.05) is 12.1 Å². The van der Waals surface area contributed by atoms with Gasteiger partial charge >= 0.3 is 0 Å². The summed E-state index contributed by atoms with van der Waals surface area (Å²) < 4.78 is 14.2. The largest absolute Gasteiger partial charge is 0.351 e. The lowest BCUT2D eigenvalue weighted by Gasteiger charge is -2.14. The molecule has 2 heterocycles. The summed E-state index contributed by atoms with van der Waals surface area (Å²) in [6.45, 7) is 2.48. The van der Waals surface area contributed by atoms with Gasteiger partial charge in [-0.1, -0.05) is 17.3 Å². The van der Waals surface area contributed by atoms with Crippen molar-refractivity contribution in [1.29, 1.82) is 0 Å². The number of nitrogens with zero attached hydrogens (tertiary/aromatic N) is 3. The van der Waals surface area contributed by atoms with Crippen molar-refractivity contribution in [1.82, 2.24) is 25.6 Å². The number of carbonyl (C=O) groups excluding carboxylic acids is 1. The third-order valence-electron chi connectivity index (χ3n) is 4.75. The topological polar surface area (TPSA) is 73.9 Å². The van der Waals surface area contributed by atoms with Crippen molar-refractivity contribution in [2.24, 2.45) is 0 Å². The van der Waals surface area contributed by atoms with Crippen LogP contribution in [0.1, 0.15) is 18.4 Å². The Kier molecular flexibility index (Phi) is 6.03. The van der Waals surface area contributed by atoms with Crippen molar-refractivity contribution in [3.05, 3.63) is 47.8 Å². The first kappa shape index (κ1) is 19.3. The number of fused-ring (bicyclic) bond motifs is 1. The lowest BCUT2D eigenvalue weighted by Crippen LogP contribution is -2.35. The maximum atomic E-state index is 14.2. The normalized spacial score (nSPS) is 14.3. The van der Waals surface area contributed by atoms with Gasteiger partial charge in [-0.15, -0.1) is 17.5 Å². The van der Waals surface area contributed by atoms with Crippen LogP contribution in [0.25, 0.3) is 22.2 Å². The van der Waals surface area contributed by atoms with E-state index in [1.165, 1.54) is 6.07 Å². The fourth-order valence-electron chi connectivity index (χ4n) is 3.30. The van der Waals surface area contributed by atoms with E-state index in [0.717, 1.165) is 48.1 Å². The van der Waals surface area contributed by atoms with Crippen molar-refractivity contribution in [3.63, 3.8) is 0 Å². The van der Waals surface area contributed by atoms with E-state index in [4.69, 9.17) is 0 Å². The second-order valence-electron chi connectivity index (χ2n) is 6.61. The number of nitrogens with one attached hydrogen (secondary N) is 2. The van der Waals surface area contributed by atoms with E-state index < -0.39 is 0 Å². The van der Waals surface area contributed by atoms with Gasteiger partial charge < -0.3 is 5.32 Å². The van der Waals surface area contributed by atoms with Crippen LogP contribution >= 0.6 is 12.4 Å². The summed E-state index contributed by atoms with van der Waals surface area (Å²) in [5.74, 6) is -0.390. The van der Waals surface area contributed by atoms with Crippen LogP contribution in [-0.4, -0.2) is 45.9 Å². The monoisotopic (exact) mass is 389 g/mol.